The van der Waals surface area contributed by atoms with Gasteiger partial charge in [-0.1, -0.05) is 6.08 Å². The number of carbonyl (C=O) groups is 1. The number of rotatable bonds is 3. The number of ether oxygens (including phenoxy) is 2. The van der Waals surface area contributed by atoms with Crippen LogP contribution in [0.15, 0.2) is 23.5 Å². The molecule has 6 heteroatoms. The van der Waals surface area contributed by atoms with Crippen LogP contribution in [-0.4, -0.2) is 25.9 Å². The fourth-order valence-corrected chi connectivity index (χ4v) is 1.58. The van der Waals surface area contributed by atoms with Crippen molar-refractivity contribution >= 4 is 22.2 Å². The number of hydrogen-bond donors (Lipinski definition) is 1. The number of halogens is 1. The summed E-state index contributed by atoms with van der Waals surface area (Å²) < 4.78 is 14.6. The van der Waals surface area contributed by atoms with Crippen LogP contribution in [0.1, 0.15) is 6.42 Å². The van der Waals surface area contributed by atoms with Gasteiger partial charge in [0.2, 0.25) is 0 Å². The van der Waals surface area contributed by atoms with Gasteiger partial charge in [-0.25, -0.2) is 4.79 Å². The molecule has 1 rings (SSSR count). The van der Waals surface area contributed by atoms with E-state index in [1.54, 1.807) is 6.08 Å². The second kappa shape index (κ2) is 4.78. The largest absolute Gasteiger partial charge is 0.465 e. The van der Waals surface area contributed by atoms with Gasteiger partial charge in [-0.2, -0.15) is 0 Å². The smallest absolute Gasteiger partial charge is 0.337 e. The van der Waals surface area contributed by atoms with Gasteiger partial charge in [-0.05, 0) is 6.08 Å². The Labute approximate surface area is 96.3 Å². The Balaban J connectivity index is 2.96. The van der Waals surface area contributed by atoms with E-state index < -0.39 is 11.7 Å². The average Bonchev–Trinajstić information content (AvgIpc) is 2.28. The molecule has 5 nitrogen and oxygen atoms in total. The van der Waals surface area contributed by atoms with Crippen LogP contribution < -0.4 is 5.73 Å². The van der Waals surface area contributed by atoms with E-state index in [-0.39, 0.29) is 0 Å². The zero-order valence-corrected chi connectivity index (χ0v) is 10.0. The molecule has 0 aromatic carbocycles. The Bertz CT molecular complexity index is 326. The van der Waals surface area contributed by atoms with E-state index in [2.05, 4.69) is 21.0 Å². The van der Waals surface area contributed by atoms with Gasteiger partial charge < -0.3 is 13.3 Å². The highest BCUT2D eigenvalue weighted by molar-refractivity contribution is 9.06. The van der Waals surface area contributed by atoms with Crippen LogP contribution in [0, 0.1) is 0 Å². The summed E-state index contributed by atoms with van der Waals surface area (Å²) >= 11 is 2.82. The summed E-state index contributed by atoms with van der Waals surface area (Å²) in [5, 5.41) is 0. The van der Waals surface area contributed by atoms with E-state index in [0.717, 1.165) is 0 Å². The zero-order valence-electron chi connectivity index (χ0n) is 8.45. The molecular weight excluding hydrogens is 266 g/mol. The lowest BCUT2D eigenvalue weighted by molar-refractivity contribution is -0.135. The molecule has 0 amide bonds. The number of nitrogens with two attached hydrogens (primary N) is 1. The maximum atomic E-state index is 11.2. The molecule has 1 aliphatic rings. The van der Waals surface area contributed by atoms with E-state index in [0.29, 0.717) is 17.8 Å². The Morgan fingerprint density at radius 1 is 1.60 bits per heavy atom. The van der Waals surface area contributed by atoms with Crippen LogP contribution in [-0.2, 0) is 18.1 Å². The molecule has 0 aliphatic heterocycles. The van der Waals surface area contributed by atoms with Crippen molar-refractivity contribution in [3.8, 4) is 0 Å². The van der Waals surface area contributed by atoms with Crippen LogP contribution in [0.3, 0.4) is 0 Å². The predicted octanol–water partition coefficient (Wildman–Crippen LogP) is 1.00. The fourth-order valence-electron chi connectivity index (χ4n) is 1.22. The van der Waals surface area contributed by atoms with E-state index in [9.17, 15) is 4.79 Å². The molecule has 0 aromatic rings. The first-order valence-corrected chi connectivity index (χ1v) is 4.85. The van der Waals surface area contributed by atoms with Gasteiger partial charge in [0, 0.05) is 13.5 Å². The summed E-state index contributed by atoms with van der Waals surface area (Å²) in [6.45, 7) is 0. The molecule has 0 saturated carbocycles. The normalized spacial score (nSPS) is 25.3. The molecule has 0 fully saturated rings. The molecule has 0 bridgehead atoms. The lowest BCUT2D eigenvalue weighted by atomic mass is 9.98. The zero-order chi connectivity index (χ0) is 11.5. The summed E-state index contributed by atoms with van der Waals surface area (Å²) in [4.78, 5) is 11.2. The van der Waals surface area contributed by atoms with Gasteiger partial charge in [-0.3, -0.25) is 5.73 Å². The molecule has 15 heavy (non-hydrogen) atoms. The number of carbonyl (C=O) groups excluding carboxylic acids is 1. The van der Waals surface area contributed by atoms with E-state index in [1.807, 2.05) is 0 Å². The topological polar surface area (TPSA) is 70.8 Å². The summed E-state index contributed by atoms with van der Waals surface area (Å²) in [7, 11) is 2.78. The summed E-state index contributed by atoms with van der Waals surface area (Å²) in [5.41, 5.74) is 5.23. The van der Waals surface area contributed by atoms with E-state index in [1.165, 1.54) is 20.3 Å². The highest BCUT2D eigenvalue weighted by Crippen LogP contribution is 2.29. The van der Waals surface area contributed by atoms with Crippen LogP contribution in [0.25, 0.3) is 0 Å². The Kier molecular flexibility index (Phi) is 3.90. The van der Waals surface area contributed by atoms with Gasteiger partial charge in [0.15, 0.2) is 27.7 Å². The third kappa shape index (κ3) is 2.39. The van der Waals surface area contributed by atoms with E-state index >= 15 is 0 Å². The Morgan fingerprint density at radius 2 is 2.27 bits per heavy atom. The summed E-state index contributed by atoms with van der Waals surface area (Å²) in [5.74, 6) is -0.108. The van der Waals surface area contributed by atoms with Crippen molar-refractivity contribution in [1.82, 2.24) is 0 Å². The average molecular weight is 278 g/mol. The third-order valence-electron chi connectivity index (χ3n) is 2.20. The van der Waals surface area contributed by atoms with Crippen molar-refractivity contribution in [3.05, 3.63) is 23.5 Å². The van der Waals surface area contributed by atoms with Gasteiger partial charge in [0.1, 0.15) is 0 Å². The van der Waals surface area contributed by atoms with Gasteiger partial charge in [0.25, 0.3) is 0 Å². The minimum absolute atomic E-state index is 0.327. The maximum Gasteiger partial charge on any atom is 0.337 e. The quantitative estimate of drug-likeness (QED) is 0.616. The third-order valence-corrected chi connectivity index (χ3v) is 2.55. The highest BCUT2D eigenvalue weighted by atomic mass is 79.9. The number of methoxy groups -OCH3 is 2. The molecule has 0 saturated heterocycles. The molecule has 0 heterocycles. The molecule has 0 radical (unpaired) electrons. The molecule has 2 N–H and O–H groups in total. The molecule has 1 aliphatic carbocycles. The van der Waals surface area contributed by atoms with Crippen LogP contribution in [0.2, 0.25) is 0 Å². The van der Waals surface area contributed by atoms with Gasteiger partial charge in [0.05, 0.1) is 12.7 Å². The van der Waals surface area contributed by atoms with Crippen LogP contribution in [0.5, 0.6) is 0 Å². The lowest BCUT2D eigenvalue weighted by Crippen LogP contribution is -2.45. The SMILES string of the molecule is COC(=O)C1=CCC(N)(OC)C(OBr)=C1. The van der Waals surface area contributed by atoms with Crippen molar-refractivity contribution in [2.24, 2.45) is 5.73 Å². The molecule has 1 atom stereocenters. The predicted molar refractivity (Wildman–Crippen MR) is 56.7 cm³/mol. The minimum Gasteiger partial charge on any atom is -0.465 e. The van der Waals surface area contributed by atoms with Crippen molar-refractivity contribution in [2.75, 3.05) is 14.2 Å². The number of esters is 1. The fraction of sp³-hybridized carbons (Fsp3) is 0.444. The first kappa shape index (κ1) is 12.2. The van der Waals surface area contributed by atoms with Gasteiger partial charge >= 0.3 is 5.97 Å². The summed E-state index contributed by atoms with van der Waals surface area (Å²) in [6, 6.07) is 0. The monoisotopic (exact) mass is 277 g/mol. The standard InChI is InChI=1S/C9H12BrNO4/c1-13-8(12)6-3-4-9(11,14-2)7(5-6)15-10/h3,5H,4,11H2,1-2H3. The summed E-state index contributed by atoms with van der Waals surface area (Å²) in [6.07, 6.45) is 3.46. The molecule has 0 aromatic heterocycles. The Morgan fingerprint density at radius 3 is 2.73 bits per heavy atom. The second-order valence-corrected chi connectivity index (χ2v) is 3.36. The van der Waals surface area contributed by atoms with E-state index in [4.69, 9.17) is 14.3 Å². The van der Waals surface area contributed by atoms with Gasteiger partial charge in [-0.15, -0.1) is 0 Å². The Hall–Kier alpha value is -0.850. The van der Waals surface area contributed by atoms with Crippen molar-refractivity contribution < 1.29 is 18.1 Å². The lowest BCUT2D eigenvalue weighted by Gasteiger charge is -2.30. The van der Waals surface area contributed by atoms with Crippen LogP contribution in [0.4, 0.5) is 0 Å². The first-order valence-electron chi connectivity index (χ1n) is 4.20. The second-order valence-electron chi connectivity index (χ2n) is 3.03. The molecule has 1 unspecified atom stereocenters. The molecule has 84 valence electrons. The van der Waals surface area contributed by atoms with Crippen molar-refractivity contribution in [2.45, 2.75) is 12.1 Å². The minimum atomic E-state index is -1.04. The molecule has 0 spiro atoms. The van der Waals surface area contributed by atoms with Crippen molar-refractivity contribution in [3.63, 3.8) is 0 Å². The highest BCUT2D eigenvalue weighted by Gasteiger charge is 2.34. The number of hydrogen-bond acceptors (Lipinski definition) is 5. The van der Waals surface area contributed by atoms with Crippen molar-refractivity contribution in [1.29, 1.82) is 0 Å². The molecular formula is C9H12BrNO4. The first-order chi connectivity index (χ1) is 7.07. The maximum absolute atomic E-state index is 11.2. The van der Waals surface area contributed by atoms with Crippen LogP contribution >= 0.6 is 16.3 Å².